The molecule has 0 saturated heterocycles. The number of hydrogen-bond donors (Lipinski definition) is 1. The van der Waals surface area contributed by atoms with Crippen LogP contribution in [0.5, 0.6) is 0 Å². The molecule has 1 N–H and O–H groups in total. The largest absolute Gasteiger partial charge is 0.459 e. The summed E-state index contributed by atoms with van der Waals surface area (Å²) in [5.74, 6) is -0.0869. The number of furan rings is 1. The number of likely N-dealkylation sites (N-methyl/N-ethyl adjacent to an activating group) is 1. The van der Waals surface area contributed by atoms with Crippen molar-refractivity contribution in [3.05, 3.63) is 35.2 Å². The summed E-state index contributed by atoms with van der Waals surface area (Å²) in [6, 6.07) is 3.22. The van der Waals surface area contributed by atoms with Crippen LogP contribution in [0.3, 0.4) is 0 Å². The predicted octanol–water partition coefficient (Wildman–Crippen LogP) is 2.40. The van der Waals surface area contributed by atoms with Crippen molar-refractivity contribution in [1.82, 2.24) is 9.88 Å². The van der Waals surface area contributed by atoms with Gasteiger partial charge in [-0.15, -0.1) is 11.3 Å². The number of carbonyl (C=O) groups excluding carboxylic acids is 2. The predicted molar refractivity (Wildman–Crippen MR) is 80.4 cm³/mol. The van der Waals surface area contributed by atoms with Crippen LogP contribution < -0.4 is 5.32 Å². The quantitative estimate of drug-likeness (QED) is 0.889. The Kier molecular flexibility index (Phi) is 5.10. The standard InChI is InChI=1S/C14H17N3O3S/c1-3-17(4-2)12(18)8-10-9-21-14(15-10)16-13(19)11-6-5-7-20-11/h5-7,9H,3-4,8H2,1-2H3,(H,15,16,19). The van der Waals surface area contributed by atoms with Gasteiger partial charge in [-0.25, -0.2) is 4.98 Å². The maximum Gasteiger partial charge on any atom is 0.293 e. The van der Waals surface area contributed by atoms with Gasteiger partial charge in [-0.1, -0.05) is 0 Å². The first-order valence-electron chi connectivity index (χ1n) is 6.71. The van der Waals surface area contributed by atoms with Crippen molar-refractivity contribution in [2.75, 3.05) is 18.4 Å². The monoisotopic (exact) mass is 307 g/mol. The molecular weight excluding hydrogens is 290 g/mol. The number of nitrogens with one attached hydrogen (secondary N) is 1. The summed E-state index contributed by atoms with van der Waals surface area (Å²) in [4.78, 5) is 29.8. The van der Waals surface area contributed by atoms with Crippen LogP contribution in [0.2, 0.25) is 0 Å². The van der Waals surface area contributed by atoms with E-state index < -0.39 is 0 Å². The third-order valence-electron chi connectivity index (χ3n) is 2.97. The lowest BCUT2D eigenvalue weighted by molar-refractivity contribution is -0.130. The fourth-order valence-corrected chi connectivity index (χ4v) is 2.56. The van der Waals surface area contributed by atoms with Crippen LogP contribution in [0, 0.1) is 0 Å². The molecule has 0 unspecified atom stereocenters. The van der Waals surface area contributed by atoms with Crippen molar-refractivity contribution in [3.63, 3.8) is 0 Å². The van der Waals surface area contributed by atoms with E-state index in [-0.39, 0.29) is 24.0 Å². The maximum absolute atomic E-state index is 12.0. The Morgan fingerprint density at radius 1 is 1.38 bits per heavy atom. The Labute approximate surface area is 126 Å². The number of aromatic nitrogens is 1. The number of amides is 2. The summed E-state index contributed by atoms with van der Waals surface area (Å²) in [6.07, 6.45) is 1.68. The fraction of sp³-hybridized carbons (Fsp3) is 0.357. The second-order valence-corrected chi connectivity index (χ2v) is 5.18. The van der Waals surface area contributed by atoms with Crippen molar-refractivity contribution in [2.24, 2.45) is 0 Å². The Hall–Kier alpha value is -2.15. The molecule has 0 spiro atoms. The number of rotatable bonds is 6. The van der Waals surface area contributed by atoms with Crippen LogP contribution in [0.1, 0.15) is 30.1 Å². The van der Waals surface area contributed by atoms with E-state index in [1.165, 1.54) is 17.6 Å². The molecule has 6 nitrogen and oxygen atoms in total. The molecule has 0 aliphatic heterocycles. The van der Waals surface area contributed by atoms with E-state index in [1.807, 2.05) is 13.8 Å². The van der Waals surface area contributed by atoms with Gasteiger partial charge in [0.25, 0.3) is 5.91 Å². The fourth-order valence-electron chi connectivity index (χ4n) is 1.86. The summed E-state index contributed by atoms with van der Waals surface area (Å²) in [7, 11) is 0. The Balaban J connectivity index is 1.95. The van der Waals surface area contributed by atoms with Gasteiger partial charge in [-0.3, -0.25) is 14.9 Å². The topological polar surface area (TPSA) is 75.4 Å². The molecular formula is C14H17N3O3S. The summed E-state index contributed by atoms with van der Waals surface area (Å²) >= 11 is 1.29. The minimum Gasteiger partial charge on any atom is -0.459 e. The second-order valence-electron chi connectivity index (χ2n) is 4.32. The van der Waals surface area contributed by atoms with E-state index in [0.29, 0.717) is 23.9 Å². The molecule has 2 aromatic heterocycles. The lowest BCUT2D eigenvalue weighted by Crippen LogP contribution is -2.31. The van der Waals surface area contributed by atoms with Gasteiger partial charge < -0.3 is 9.32 Å². The Morgan fingerprint density at radius 2 is 2.14 bits per heavy atom. The molecule has 0 radical (unpaired) electrons. The zero-order chi connectivity index (χ0) is 15.2. The molecule has 0 fully saturated rings. The first-order chi connectivity index (χ1) is 10.1. The molecule has 112 valence electrons. The average molecular weight is 307 g/mol. The van der Waals surface area contributed by atoms with Crippen LogP contribution in [-0.2, 0) is 11.2 Å². The first-order valence-corrected chi connectivity index (χ1v) is 7.59. The molecule has 2 amide bonds. The van der Waals surface area contributed by atoms with Crippen molar-refractivity contribution < 1.29 is 14.0 Å². The number of carbonyl (C=O) groups is 2. The highest BCUT2D eigenvalue weighted by Crippen LogP contribution is 2.17. The maximum atomic E-state index is 12.0. The molecule has 7 heteroatoms. The van der Waals surface area contributed by atoms with Gasteiger partial charge in [0.05, 0.1) is 18.4 Å². The van der Waals surface area contributed by atoms with Crippen LogP contribution >= 0.6 is 11.3 Å². The summed E-state index contributed by atoms with van der Waals surface area (Å²) in [5, 5.41) is 4.88. The zero-order valence-electron chi connectivity index (χ0n) is 12.0. The Bertz CT molecular complexity index is 603. The SMILES string of the molecule is CCN(CC)C(=O)Cc1csc(NC(=O)c2ccco2)n1. The molecule has 0 saturated carbocycles. The van der Waals surface area contributed by atoms with Crippen molar-refractivity contribution >= 4 is 28.3 Å². The minimum absolute atomic E-state index is 0.0363. The molecule has 0 aliphatic carbocycles. The van der Waals surface area contributed by atoms with Gasteiger partial charge in [0.1, 0.15) is 0 Å². The van der Waals surface area contributed by atoms with Crippen LogP contribution in [-0.4, -0.2) is 34.8 Å². The highest BCUT2D eigenvalue weighted by Gasteiger charge is 2.15. The molecule has 2 heterocycles. The molecule has 21 heavy (non-hydrogen) atoms. The summed E-state index contributed by atoms with van der Waals surface area (Å²) in [5.41, 5.74) is 0.659. The molecule has 0 atom stereocenters. The van der Waals surface area contributed by atoms with Crippen molar-refractivity contribution in [1.29, 1.82) is 0 Å². The third-order valence-corrected chi connectivity index (χ3v) is 3.77. The minimum atomic E-state index is -0.351. The normalized spacial score (nSPS) is 10.4. The average Bonchev–Trinajstić information content (AvgIpc) is 3.11. The van der Waals surface area contributed by atoms with Crippen LogP contribution in [0.4, 0.5) is 5.13 Å². The van der Waals surface area contributed by atoms with Gasteiger partial charge in [0, 0.05) is 18.5 Å². The summed E-state index contributed by atoms with van der Waals surface area (Å²) in [6.45, 7) is 5.25. The van der Waals surface area contributed by atoms with E-state index in [4.69, 9.17) is 4.42 Å². The van der Waals surface area contributed by atoms with Crippen LogP contribution in [0.25, 0.3) is 0 Å². The second kappa shape index (κ2) is 7.03. The van der Waals surface area contributed by atoms with Gasteiger partial charge in [-0.2, -0.15) is 0 Å². The van der Waals surface area contributed by atoms with Crippen molar-refractivity contribution in [3.8, 4) is 0 Å². The number of hydrogen-bond acceptors (Lipinski definition) is 5. The summed E-state index contributed by atoms with van der Waals surface area (Å²) < 4.78 is 5.00. The van der Waals surface area contributed by atoms with Gasteiger partial charge in [-0.05, 0) is 26.0 Å². The highest BCUT2D eigenvalue weighted by molar-refractivity contribution is 7.14. The molecule has 2 rings (SSSR count). The lowest BCUT2D eigenvalue weighted by atomic mass is 10.3. The Morgan fingerprint density at radius 3 is 2.76 bits per heavy atom. The first kappa shape index (κ1) is 15.2. The zero-order valence-corrected chi connectivity index (χ0v) is 12.8. The van der Waals surface area contributed by atoms with Gasteiger partial charge >= 0.3 is 0 Å². The van der Waals surface area contributed by atoms with Crippen LogP contribution in [0.15, 0.2) is 28.2 Å². The van der Waals surface area contributed by atoms with E-state index in [0.717, 1.165) is 0 Å². The molecule has 0 aromatic carbocycles. The third kappa shape index (κ3) is 3.91. The smallest absolute Gasteiger partial charge is 0.293 e. The van der Waals surface area contributed by atoms with E-state index in [9.17, 15) is 9.59 Å². The van der Waals surface area contributed by atoms with E-state index in [1.54, 1.807) is 22.4 Å². The molecule has 0 aliphatic rings. The van der Waals surface area contributed by atoms with Gasteiger partial charge in [0.15, 0.2) is 10.9 Å². The number of anilines is 1. The highest BCUT2D eigenvalue weighted by atomic mass is 32.1. The van der Waals surface area contributed by atoms with E-state index in [2.05, 4.69) is 10.3 Å². The van der Waals surface area contributed by atoms with Crippen molar-refractivity contribution in [2.45, 2.75) is 20.3 Å². The number of nitrogens with zero attached hydrogens (tertiary/aromatic N) is 2. The lowest BCUT2D eigenvalue weighted by Gasteiger charge is -2.17. The number of thiazole rings is 1. The molecule has 0 bridgehead atoms. The molecule has 2 aromatic rings. The van der Waals surface area contributed by atoms with E-state index >= 15 is 0 Å². The van der Waals surface area contributed by atoms with Gasteiger partial charge in [0.2, 0.25) is 5.91 Å².